The van der Waals surface area contributed by atoms with E-state index < -0.39 is 0 Å². The third-order valence-electron chi connectivity index (χ3n) is 4.03. The first-order valence-electron chi connectivity index (χ1n) is 9.60. The fourth-order valence-electron chi connectivity index (χ4n) is 2.66. The van der Waals surface area contributed by atoms with E-state index >= 15 is 0 Å². The smallest absolute Gasteiger partial charge is 0.220 e. The van der Waals surface area contributed by atoms with Gasteiger partial charge < -0.3 is 14.8 Å². The van der Waals surface area contributed by atoms with E-state index in [0.717, 1.165) is 39.2 Å². The van der Waals surface area contributed by atoms with Crippen molar-refractivity contribution in [2.24, 2.45) is 0 Å². The number of carbonyl (C=O) groups is 1. The van der Waals surface area contributed by atoms with E-state index in [0.29, 0.717) is 32.6 Å². The maximum absolute atomic E-state index is 12.1. The first-order valence-corrected chi connectivity index (χ1v) is 11.1. The Hall–Kier alpha value is -1.85. The SMILES string of the molecule is CCOc1ccc(CCC(=O)NCCSCc2ccccc2Cl)cc1OCC. The monoisotopic (exact) mass is 421 g/mol. The van der Waals surface area contributed by atoms with Crippen molar-refractivity contribution in [2.75, 3.05) is 25.5 Å². The second-order valence-electron chi connectivity index (χ2n) is 6.14. The number of nitrogens with one attached hydrogen (secondary N) is 1. The molecule has 0 aromatic heterocycles. The van der Waals surface area contributed by atoms with Crippen LogP contribution >= 0.6 is 23.4 Å². The zero-order valence-corrected chi connectivity index (χ0v) is 18.1. The van der Waals surface area contributed by atoms with Crippen LogP contribution in [-0.2, 0) is 17.0 Å². The highest BCUT2D eigenvalue weighted by Gasteiger charge is 2.08. The molecule has 0 saturated heterocycles. The molecule has 0 aliphatic rings. The molecular weight excluding hydrogens is 394 g/mol. The highest BCUT2D eigenvalue weighted by Crippen LogP contribution is 2.29. The number of halogens is 1. The average molecular weight is 422 g/mol. The van der Waals surface area contributed by atoms with Crippen LogP contribution in [-0.4, -0.2) is 31.4 Å². The van der Waals surface area contributed by atoms with Crippen molar-refractivity contribution >= 4 is 29.3 Å². The number of aryl methyl sites for hydroxylation is 1. The van der Waals surface area contributed by atoms with Crippen LogP contribution in [0.4, 0.5) is 0 Å². The van der Waals surface area contributed by atoms with Crippen molar-refractivity contribution in [2.45, 2.75) is 32.4 Å². The molecule has 0 spiro atoms. The van der Waals surface area contributed by atoms with Crippen molar-refractivity contribution in [1.29, 1.82) is 0 Å². The molecule has 0 radical (unpaired) electrons. The third-order valence-corrected chi connectivity index (χ3v) is 5.41. The summed E-state index contributed by atoms with van der Waals surface area (Å²) in [5, 5.41) is 3.77. The molecule has 0 fully saturated rings. The van der Waals surface area contributed by atoms with Gasteiger partial charge in [-0.2, -0.15) is 11.8 Å². The number of rotatable bonds is 12. The Morgan fingerprint density at radius 2 is 1.82 bits per heavy atom. The molecular formula is C22H28ClNO3S. The summed E-state index contributed by atoms with van der Waals surface area (Å²) in [5.74, 6) is 3.24. The van der Waals surface area contributed by atoms with Crippen LogP contribution in [0.15, 0.2) is 42.5 Å². The minimum absolute atomic E-state index is 0.0604. The molecule has 152 valence electrons. The largest absolute Gasteiger partial charge is 0.490 e. The van der Waals surface area contributed by atoms with Gasteiger partial charge >= 0.3 is 0 Å². The Morgan fingerprint density at radius 1 is 1.07 bits per heavy atom. The van der Waals surface area contributed by atoms with Gasteiger partial charge in [-0.3, -0.25) is 4.79 Å². The predicted octanol–water partition coefficient (Wildman–Crippen LogP) is 5.12. The van der Waals surface area contributed by atoms with E-state index in [4.69, 9.17) is 21.1 Å². The summed E-state index contributed by atoms with van der Waals surface area (Å²) in [4.78, 5) is 12.1. The first kappa shape index (κ1) is 22.4. The quantitative estimate of drug-likeness (QED) is 0.483. The Bertz CT molecular complexity index is 754. The van der Waals surface area contributed by atoms with E-state index in [2.05, 4.69) is 5.32 Å². The summed E-state index contributed by atoms with van der Waals surface area (Å²) in [7, 11) is 0. The fraction of sp³-hybridized carbons (Fsp3) is 0.409. The summed E-state index contributed by atoms with van der Waals surface area (Å²) >= 11 is 7.91. The van der Waals surface area contributed by atoms with E-state index in [-0.39, 0.29) is 5.91 Å². The van der Waals surface area contributed by atoms with Crippen LogP contribution in [0.5, 0.6) is 11.5 Å². The van der Waals surface area contributed by atoms with Gasteiger partial charge in [0.15, 0.2) is 11.5 Å². The van der Waals surface area contributed by atoms with Crippen LogP contribution in [0.25, 0.3) is 0 Å². The lowest BCUT2D eigenvalue weighted by Crippen LogP contribution is -2.25. The second kappa shape index (κ2) is 12.6. The molecule has 2 aromatic rings. The van der Waals surface area contributed by atoms with E-state index in [1.54, 1.807) is 11.8 Å². The molecule has 0 atom stereocenters. The van der Waals surface area contributed by atoms with E-state index in [1.807, 2.05) is 56.3 Å². The van der Waals surface area contributed by atoms with Crippen molar-refractivity contribution in [3.05, 3.63) is 58.6 Å². The maximum Gasteiger partial charge on any atom is 0.220 e. The van der Waals surface area contributed by atoms with Gasteiger partial charge in [-0.25, -0.2) is 0 Å². The molecule has 6 heteroatoms. The Labute approximate surface area is 177 Å². The second-order valence-corrected chi connectivity index (χ2v) is 7.65. The van der Waals surface area contributed by atoms with Gasteiger partial charge in [0.05, 0.1) is 13.2 Å². The highest BCUT2D eigenvalue weighted by atomic mass is 35.5. The number of thioether (sulfide) groups is 1. The Morgan fingerprint density at radius 3 is 2.57 bits per heavy atom. The molecule has 4 nitrogen and oxygen atoms in total. The van der Waals surface area contributed by atoms with E-state index in [9.17, 15) is 4.79 Å². The standard InChI is InChI=1S/C22H28ClNO3S/c1-3-26-20-11-9-17(15-21(20)27-4-2)10-12-22(25)24-13-14-28-16-18-7-5-6-8-19(18)23/h5-9,11,15H,3-4,10,12-14,16H2,1-2H3,(H,24,25). The molecule has 0 aliphatic carbocycles. The topological polar surface area (TPSA) is 47.6 Å². The zero-order valence-electron chi connectivity index (χ0n) is 16.5. The van der Waals surface area contributed by atoms with Crippen LogP contribution < -0.4 is 14.8 Å². The molecule has 28 heavy (non-hydrogen) atoms. The molecule has 0 heterocycles. The normalized spacial score (nSPS) is 10.5. The Kier molecular flexibility index (Phi) is 10.1. The number of hydrogen-bond donors (Lipinski definition) is 1. The van der Waals surface area contributed by atoms with Crippen molar-refractivity contribution in [3.8, 4) is 11.5 Å². The number of amides is 1. The van der Waals surface area contributed by atoms with Crippen LogP contribution in [0.3, 0.4) is 0 Å². The Balaban J connectivity index is 1.69. The van der Waals surface area contributed by atoms with E-state index in [1.165, 1.54) is 0 Å². The zero-order chi connectivity index (χ0) is 20.2. The minimum Gasteiger partial charge on any atom is -0.490 e. The van der Waals surface area contributed by atoms with Gasteiger partial charge in [-0.05, 0) is 49.6 Å². The van der Waals surface area contributed by atoms with Gasteiger partial charge in [0.1, 0.15) is 0 Å². The number of hydrogen-bond acceptors (Lipinski definition) is 4. The predicted molar refractivity (Wildman–Crippen MR) is 118 cm³/mol. The lowest BCUT2D eigenvalue weighted by atomic mass is 10.1. The summed E-state index contributed by atoms with van der Waals surface area (Å²) in [5.41, 5.74) is 2.19. The van der Waals surface area contributed by atoms with Gasteiger partial charge in [0.2, 0.25) is 5.91 Å². The fourth-order valence-corrected chi connectivity index (χ4v) is 3.80. The number of ether oxygens (including phenoxy) is 2. The van der Waals surface area contributed by atoms with Crippen LogP contribution in [0, 0.1) is 0 Å². The molecule has 0 aliphatic heterocycles. The van der Waals surface area contributed by atoms with Crippen molar-refractivity contribution in [1.82, 2.24) is 5.32 Å². The minimum atomic E-state index is 0.0604. The summed E-state index contributed by atoms with van der Waals surface area (Å²) in [6, 6.07) is 13.7. The summed E-state index contributed by atoms with van der Waals surface area (Å²) in [6.45, 7) is 5.72. The third kappa shape index (κ3) is 7.64. The first-order chi connectivity index (χ1) is 13.6. The van der Waals surface area contributed by atoms with Gasteiger partial charge in [0, 0.05) is 29.5 Å². The molecule has 1 N–H and O–H groups in total. The number of benzene rings is 2. The highest BCUT2D eigenvalue weighted by molar-refractivity contribution is 7.98. The lowest BCUT2D eigenvalue weighted by Gasteiger charge is -2.12. The van der Waals surface area contributed by atoms with Crippen molar-refractivity contribution < 1.29 is 14.3 Å². The molecule has 0 saturated carbocycles. The van der Waals surface area contributed by atoms with Crippen LogP contribution in [0.2, 0.25) is 5.02 Å². The van der Waals surface area contributed by atoms with Gasteiger partial charge in [-0.15, -0.1) is 0 Å². The number of carbonyl (C=O) groups excluding carboxylic acids is 1. The lowest BCUT2D eigenvalue weighted by molar-refractivity contribution is -0.120. The molecule has 0 bridgehead atoms. The van der Waals surface area contributed by atoms with Gasteiger partial charge in [0.25, 0.3) is 0 Å². The molecule has 0 unspecified atom stereocenters. The van der Waals surface area contributed by atoms with Gasteiger partial charge in [-0.1, -0.05) is 35.9 Å². The van der Waals surface area contributed by atoms with Crippen molar-refractivity contribution in [3.63, 3.8) is 0 Å². The summed E-state index contributed by atoms with van der Waals surface area (Å²) < 4.78 is 11.2. The molecule has 1 amide bonds. The average Bonchev–Trinajstić information content (AvgIpc) is 2.69. The molecule has 2 aromatic carbocycles. The summed E-state index contributed by atoms with van der Waals surface area (Å²) in [6.07, 6.45) is 1.12. The molecule has 2 rings (SSSR count). The maximum atomic E-state index is 12.1. The van der Waals surface area contributed by atoms with Crippen LogP contribution in [0.1, 0.15) is 31.4 Å².